The molecule has 0 saturated heterocycles. The third kappa shape index (κ3) is 2.37. The highest BCUT2D eigenvalue weighted by atomic mass is 16.5. The van der Waals surface area contributed by atoms with E-state index in [2.05, 4.69) is 9.97 Å². The van der Waals surface area contributed by atoms with Gasteiger partial charge in [0.25, 0.3) is 5.56 Å². The molecule has 0 aliphatic rings. The molecule has 6 nitrogen and oxygen atoms in total. The zero-order valence-corrected chi connectivity index (χ0v) is 10.6. The van der Waals surface area contributed by atoms with Crippen molar-refractivity contribution in [3.05, 3.63) is 34.1 Å². The molecule has 1 aromatic carbocycles. The first-order valence-corrected chi connectivity index (χ1v) is 5.76. The Labute approximate surface area is 109 Å². The number of ether oxygens (including phenoxy) is 1. The second-order valence-corrected chi connectivity index (χ2v) is 3.96. The number of hydrogen-bond acceptors (Lipinski definition) is 5. The second-order valence-electron chi connectivity index (χ2n) is 3.96. The lowest BCUT2D eigenvalue weighted by Crippen LogP contribution is -2.14. The van der Waals surface area contributed by atoms with E-state index < -0.39 is 0 Å². The number of hydrogen-bond donors (Lipinski definition) is 3. The summed E-state index contributed by atoms with van der Waals surface area (Å²) in [6.07, 6.45) is 0.396. The number of nitrogens with zero attached hydrogens (tertiary/aromatic N) is 1. The van der Waals surface area contributed by atoms with Crippen molar-refractivity contribution >= 4 is 0 Å². The first-order valence-electron chi connectivity index (χ1n) is 5.76. The Bertz CT molecular complexity index is 664. The van der Waals surface area contributed by atoms with E-state index in [0.29, 0.717) is 12.0 Å². The van der Waals surface area contributed by atoms with Crippen LogP contribution in [0.2, 0.25) is 0 Å². The lowest BCUT2D eigenvalue weighted by Gasteiger charge is -2.07. The average molecular weight is 262 g/mol. The van der Waals surface area contributed by atoms with Gasteiger partial charge in [-0.05, 0) is 24.6 Å². The maximum absolute atomic E-state index is 11.8. The molecule has 0 radical (unpaired) electrons. The molecule has 0 unspecified atom stereocenters. The van der Waals surface area contributed by atoms with Crippen molar-refractivity contribution in [2.45, 2.75) is 13.3 Å². The van der Waals surface area contributed by atoms with Crippen LogP contribution in [0.1, 0.15) is 12.5 Å². The van der Waals surface area contributed by atoms with Crippen LogP contribution in [0.25, 0.3) is 11.4 Å². The molecule has 1 aromatic heterocycles. The van der Waals surface area contributed by atoms with Gasteiger partial charge in [0.05, 0.1) is 12.7 Å². The van der Waals surface area contributed by atoms with Gasteiger partial charge in [-0.15, -0.1) is 0 Å². The molecule has 0 fully saturated rings. The van der Waals surface area contributed by atoms with E-state index >= 15 is 0 Å². The molecule has 0 atom stereocenters. The standard InChI is InChI=1S/C13H14N2O4/c1-3-8-12(17)14-11(15-13(8)18)7-4-5-9(16)10(6-7)19-2/h4-6,16H,3H2,1-2H3,(H2,14,15,17,18). The molecule has 2 rings (SSSR count). The van der Waals surface area contributed by atoms with E-state index in [4.69, 9.17) is 4.74 Å². The maximum Gasteiger partial charge on any atom is 0.258 e. The number of aromatic hydroxyl groups is 2. The number of aromatic nitrogens is 2. The molecule has 2 aromatic rings. The fourth-order valence-electron chi connectivity index (χ4n) is 1.77. The highest BCUT2D eigenvalue weighted by Gasteiger charge is 2.11. The summed E-state index contributed by atoms with van der Waals surface area (Å²) in [7, 11) is 1.42. The Morgan fingerprint density at radius 3 is 2.68 bits per heavy atom. The Morgan fingerprint density at radius 1 is 1.37 bits per heavy atom. The molecular formula is C13H14N2O4. The van der Waals surface area contributed by atoms with Crippen molar-refractivity contribution in [2.75, 3.05) is 7.11 Å². The van der Waals surface area contributed by atoms with Gasteiger partial charge in [0.15, 0.2) is 11.5 Å². The van der Waals surface area contributed by atoms with E-state index in [1.807, 2.05) is 0 Å². The van der Waals surface area contributed by atoms with E-state index in [0.717, 1.165) is 0 Å². The highest BCUT2D eigenvalue weighted by molar-refractivity contribution is 5.61. The van der Waals surface area contributed by atoms with Gasteiger partial charge in [0.2, 0.25) is 5.88 Å². The number of aromatic amines is 1. The number of phenolic OH excluding ortho intramolecular Hbond substituents is 1. The van der Waals surface area contributed by atoms with Gasteiger partial charge >= 0.3 is 0 Å². The zero-order chi connectivity index (χ0) is 14.0. The van der Waals surface area contributed by atoms with Crippen LogP contribution in [0.4, 0.5) is 0 Å². The number of nitrogens with one attached hydrogen (secondary N) is 1. The molecule has 1 heterocycles. The van der Waals surface area contributed by atoms with E-state index in [1.54, 1.807) is 13.0 Å². The SMILES string of the molecule is CCc1c(O)nc(-c2ccc(O)c(OC)c2)[nH]c1=O. The van der Waals surface area contributed by atoms with Crippen molar-refractivity contribution in [1.82, 2.24) is 9.97 Å². The third-order valence-corrected chi connectivity index (χ3v) is 2.80. The molecule has 100 valence electrons. The van der Waals surface area contributed by atoms with Crippen LogP contribution in [-0.4, -0.2) is 27.3 Å². The van der Waals surface area contributed by atoms with Crippen molar-refractivity contribution in [2.24, 2.45) is 0 Å². The third-order valence-electron chi connectivity index (χ3n) is 2.80. The van der Waals surface area contributed by atoms with Crippen LogP contribution in [0.3, 0.4) is 0 Å². The summed E-state index contributed by atoms with van der Waals surface area (Å²) in [5.41, 5.74) is 0.399. The average Bonchev–Trinajstić information content (AvgIpc) is 2.39. The van der Waals surface area contributed by atoms with Gasteiger partial charge < -0.3 is 19.9 Å². The Balaban J connectivity index is 2.56. The number of rotatable bonds is 3. The molecule has 0 amide bonds. The van der Waals surface area contributed by atoms with Crippen molar-refractivity contribution < 1.29 is 14.9 Å². The fraction of sp³-hybridized carbons (Fsp3) is 0.231. The largest absolute Gasteiger partial charge is 0.504 e. The Hall–Kier alpha value is -2.50. The molecule has 0 bridgehead atoms. The quantitative estimate of drug-likeness (QED) is 0.777. The van der Waals surface area contributed by atoms with Crippen LogP contribution in [-0.2, 0) is 6.42 Å². The Kier molecular flexibility index (Phi) is 3.41. The summed E-state index contributed by atoms with van der Waals surface area (Å²) in [5, 5.41) is 19.2. The molecule has 0 aliphatic heterocycles. The first kappa shape index (κ1) is 12.9. The monoisotopic (exact) mass is 262 g/mol. The lowest BCUT2D eigenvalue weighted by molar-refractivity contribution is 0.373. The maximum atomic E-state index is 11.8. The smallest absolute Gasteiger partial charge is 0.258 e. The highest BCUT2D eigenvalue weighted by Crippen LogP contribution is 2.30. The van der Waals surface area contributed by atoms with Gasteiger partial charge in [-0.1, -0.05) is 6.92 Å². The fourth-order valence-corrected chi connectivity index (χ4v) is 1.77. The predicted octanol–water partition coefficient (Wildman–Crippen LogP) is 1.42. The van der Waals surface area contributed by atoms with Crippen LogP contribution < -0.4 is 10.3 Å². The summed E-state index contributed by atoms with van der Waals surface area (Å²) in [6.45, 7) is 1.76. The van der Waals surface area contributed by atoms with Crippen molar-refractivity contribution in [1.29, 1.82) is 0 Å². The van der Waals surface area contributed by atoms with Crippen LogP contribution in [0, 0.1) is 0 Å². The molecule has 0 saturated carbocycles. The van der Waals surface area contributed by atoms with Crippen LogP contribution >= 0.6 is 0 Å². The molecular weight excluding hydrogens is 248 g/mol. The van der Waals surface area contributed by atoms with Gasteiger partial charge in [-0.25, -0.2) is 0 Å². The minimum atomic E-state index is -0.378. The number of methoxy groups -OCH3 is 1. The summed E-state index contributed by atoms with van der Waals surface area (Å²) in [4.78, 5) is 18.3. The van der Waals surface area contributed by atoms with E-state index in [-0.39, 0.29) is 34.3 Å². The van der Waals surface area contributed by atoms with Crippen molar-refractivity contribution in [3.63, 3.8) is 0 Å². The van der Waals surface area contributed by atoms with Crippen molar-refractivity contribution in [3.8, 4) is 28.8 Å². The number of H-pyrrole nitrogens is 1. The Morgan fingerprint density at radius 2 is 2.11 bits per heavy atom. The summed E-state index contributed by atoms with van der Waals surface area (Å²) in [6, 6.07) is 4.53. The minimum Gasteiger partial charge on any atom is -0.504 e. The normalized spacial score (nSPS) is 10.4. The van der Waals surface area contributed by atoms with Gasteiger partial charge in [0, 0.05) is 5.56 Å². The molecule has 19 heavy (non-hydrogen) atoms. The lowest BCUT2D eigenvalue weighted by atomic mass is 10.1. The summed E-state index contributed by atoms with van der Waals surface area (Å²) in [5.74, 6) is 0.188. The molecule has 0 aliphatic carbocycles. The second kappa shape index (κ2) is 5.01. The van der Waals surface area contributed by atoms with E-state index in [1.165, 1.54) is 19.2 Å². The predicted molar refractivity (Wildman–Crippen MR) is 69.6 cm³/mol. The van der Waals surface area contributed by atoms with Crippen LogP contribution in [0.5, 0.6) is 17.4 Å². The van der Waals surface area contributed by atoms with Gasteiger partial charge in [-0.2, -0.15) is 4.98 Å². The van der Waals surface area contributed by atoms with Crippen LogP contribution in [0.15, 0.2) is 23.0 Å². The summed E-state index contributed by atoms with van der Waals surface area (Å²) < 4.78 is 4.98. The minimum absolute atomic E-state index is 0.0111. The van der Waals surface area contributed by atoms with Gasteiger partial charge in [0.1, 0.15) is 5.82 Å². The number of benzene rings is 1. The molecule has 0 spiro atoms. The zero-order valence-electron chi connectivity index (χ0n) is 10.6. The van der Waals surface area contributed by atoms with E-state index in [9.17, 15) is 15.0 Å². The molecule has 6 heteroatoms. The topological polar surface area (TPSA) is 95.4 Å². The van der Waals surface area contributed by atoms with Gasteiger partial charge in [-0.3, -0.25) is 4.79 Å². The molecule has 3 N–H and O–H groups in total. The summed E-state index contributed by atoms with van der Waals surface area (Å²) >= 11 is 0. The number of phenols is 1. The first-order chi connectivity index (χ1) is 9.06.